The van der Waals surface area contributed by atoms with E-state index < -0.39 is 0 Å². The summed E-state index contributed by atoms with van der Waals surface area (Å²) in [4.78, 5) is 11.5. The Bertz CT molecular complexity index is 156. The van der Waals surface area contributed by atoms with E-state index in [1.807, 2.05) is 13.0 Å². The lowest BCUT2D eigenvalue weighted by atomic mass is 9.77. The molecule has 0 N–H and O–H groups in total. The maximum atomic E-state index is 11.5. The fourth-order valence-corrected chi connectivity index (χ4v) is 1.46. The Morgan fingerprint density at radius 2 is 2.36 bits per heavy atom. The van der Waals surface area contributed by atoms with Crippen LogP contribution in [0, 0.1) is 11.8 Å². The van der Waals surface area contributed by atoms with Crippen LogP contribution in [0.5, 0.6) is 0 Å². The minimum Gasteiger partial charge on any atom is -0.299 e. The standard InChI is InChI=1S/C10H16O/c1-3-5-8(2)10(11)9-6-4-7-9/h3,8-9H,1,4-7H2,2H3/t8-/m0/s1. The lowest BCUT2D eigenvalue weighted by Gasteiger charge is -2.26. The van der Waals surface area contributed by atoms with Crippen molar-refractivity contribution in [1.29, 1.82) is 0 Å². The number of ketones is 1. The summed E-state index contributed by atoms with van der Waals surface area (Å²) >= 11 is 0. The molecule has 0 aromatic heterocycles. The Balaban J connectivity index is 2.32. The number of hydrogen-bond donors (Lipinski definition) is 0. The molecule has 0 aliphatic heterocycles. The van der Waals surface area contributed by atoms with Gasteiger partial charge in [-0.15, -0.1) is 6.58 Å². The molecule has 1 saturated carbocycles. The van der Waals surface area contributed by atoms with Crippen molar-refractivity contribution >= 4 is 5.78 Å². The summed E-state index contributed by atoms with van der Waals surface area (Å²) in [6.07, 6.45) is 6.18. The van der Waals surface area contributed by atoms with Crippen LogP contribution in [0.2, 0.25) is 0 Å². The zero-order valence-corrected chi connectivity index (χ0v) is 7.18. The first kappa shape index (κ1) is 8.51. The molecule has 1 fully saturated rings. The summed E-state index contributed by atoms with van der Waals surface area (Å²) in [5, 5.41) is 0. The molecule has 1 aliphatic rings. The molecule has 1 rings (SSSR count). The summed E-state index contributed by atoms with van der Waals surface area (Å²) < 4.78 is 0. The minimum absolute atomic E-state index is 0.206. The van der Waals surface area contributed by atoms with Crippen molar-refractivity contribution in [3.8, 4) is 0 Å². The number of hydrogen-bond acceptors (Lipinski definition) is 1. The van der Waals surface area contributed by atoms with Gasteiger partial charge in [0.25, 0.3) is 0 Å². The third-order valence-corrected chi connectivity index (χ3v) is 2.51. The van der Waals surface area contributed by atoms with E-state index >= 15 is 0 Å². The van der Waals surface area contributed by atoms with Crippen LogP contribution in [-0.2, 0) is 4.79 Å². The molecule has 0 heterocycles. The van der Waals surface area contributed by atoms with Gasteiger partial charge in [-0.2, -0.15) is 0 Å². The average Bonchev–Trinajstić information content (AvgIpc) is 1.84. The van der Waals surface area contributed by atoms with E-state index in [2.05, 4.69) is 6.58 Å². The van der Waals surface area contributed by atoms with Gasteiger partial charge in [0.2, 0.25) is 0 Å². The van der Waals surface area contributed by atoms with Crippen molar-refractivity contribution < 1.29 is 4.79 Å². The normalized spacial score (nSPS) is 20.5. The van der Waals surface area contributed by atoms with Crippen molar-refractivity contribution in [2.24, 2.45) is 11.8 Å². The molecule has 0 spiro atoms. The van der Waals surface area contributed by atoms with Gasteiger partial charge in [0.05, 0.1) is 0 Å². The van der Waals surface area contributed by atoms with Gasteiger partial charge in [-0.25, -0.2) is 0 Å². The van der Waals surface area contributed by atoms with Gasteiger partial charge < -0.3 is 0 Å². The van der Waals surface area contributed by atoms with E-state index in [9.17, 15) is 4.79 Å². The largest absolute Gasteiger partial charge is 0.299 e. The molecule has 0 amide bonds. The van der Waals surface area contributed by atoms with Crippen molar-refractivity contribution in [1.82, 2.24) is 0 Å². The summed E-state index contributed by atoms with van der Waals surface area (Å²) in [6.45, 7) is 5.64. The van der Waals surface area contributed by atoms with Gasteiger partial charge in [0.15, 0.2) is 0 Å². The van der Waals surface area contributed by atoms with Crippen molar-refractivity contribution in [2.75, 3.05) is 0 Å². The van der Waals surface area contributed by atoms with E-state index in [1.165, 1.54) is 6.42 Å². The first-order chi connectivity index (χ1) is 5.25. The molecule has 0 bridgehead atoms. The van der Waals surface area contributed by atoms with E-state index in [0.717, 1.165) is 19.3 Å². The number of carbonyl (C=O) groups is 1. The van der Waals surface area contributed by atoms with Crippen LogP contribution in [0.1, 0.15) is 32.6 Å². The molecule has 0 unspecified atom stereocenters. The molecule has 11 heavy (non-hydrogen) atoms. The molecule has 0 aromatic rings. The molecule has 1 aliphatic carbocycles. The second-order valence-corrected chi connectivity index (χ2v) is 3.46. The Kier molecular flexibility index (Phi) is 2.86. The summed E-state index contributed by atoms with van der Waals surface area (Å²) in [7, 11) is 0. The molecule has 0 saturated heterocycles. The van der Waals surface area contributed by atoms with Crippen LogP contribution in [0.3, 0.4) is 0 Å². The highest BCUT2D eigenvalue weighted by molar-refractivity contribution is 5.83. The predicted molar refractivity (Wildman–Crippen MR) is 46.3 cm³/mol. The highest BCUT2D eigenvalue weighted by Gasteiger charge is 2.27. The van der Waals surface area contributed by atoms with Gasteiger partial charge in [-0.05, 0) is 19.3 Å². The molecule has 0 radical (unpaired) electrons. The minimum atomic E-state index is 0.206. The maximum absolute atomic E-state index is 11.5. The van der Waals surface area contributed by atoms with E-state index in [4.69, 9.17) is 0 Å². The number of Topliss-reactive ketones (excluding diaryl/α,β-unsaturated/α-hetero) is 1. The number of rotatable bonds is 4. The predicted octanol–water partition coefficient (Wildman–Crippen LogP) is 2.57. The van der Waals surface area contributed by atoms with Crippen molar-refractivity contribution in [3.63, 3.8) is 0 Å². The van der Waals surface area contributed by atoms with Gasteiger partial charge in [-0.1, -0.05) is 19.4 Å². The molecule has 1 atom stereocenters. The lowest BCUT2D eigenvalue weighted by Crippen LogP contribution is -2.26. The molecule has 62 valence electrons. The highest BCUT2D eigenvalue weighted by Crippen LogP contribution is 2.30. The Labute approximate surface area is 68.5 Å². The Morgan fingerprint density at radius 3 is 2.73 bits per heavy atom. The molecular weight excluding hydrogens is 136 g/mol. The van der Waals surface area contributed by atoms with Crippen molar-refractivity contribution in [2.45, 2.75) is 32.6 Å². The molecule has 0 aromatic carbocycles. The SMILES string of the molecule is C=CC[C@H](C)C(=O)C1CCC1. The third kappa shape index (κ3) is 1.92. The first-order valence-electron chi connectivity index (χ1n) is 4.40. The molecule has 1 nitrogen and oxygen atoms in total. The third-order valence-electron chi connectivity index (χ3n) is 2.51. The van der Waals surface area contributed by atoms with Gasteiger partial charge >= 0.3 is 0 Å². The maximum Gasteiger partial charge on any atom is 0.139 e. The highest BCUT2D eigenvalue weighted by atomic mass is 16.1. The van der Waals surface area contributed by atoms with Crippen molar-refractivity contribution in [3.05, 3.63) is 12.7 Å². The Morgan fingerprint density at radius 1 is 1.73 bits per heavy atom. The van der Waals surface area contributed by atoms with Crippen LogP contribution >= 0.6 is 0 Å². The summed E-state index contributed by atoms with van der Waals surface area (Å²) in [6, 6.07) is 0. The van der Waals surface area contributed by atoms with Crippen LogP contribution < -0.4 is 0 Å². The van der Waals surface area contributed by atoms with Gasteiger partial charge in [0.1, 0.15) is 5.78 Å². The molecular formula is C10H16O. The second-order valence-electron chi connectivity index (χ2n) is 3.46. The number of allylic oxidation sites excluding steroid dienone is 1. The van der Waals surface area contributed by atoms with Gasteiger partial charge in [-0.3, -0.25) is 4.79 Å². The number of carbonyl (C=O) groups excluding carboxylic acids is 1. The Hall–Kier alpha value is -0.590. The van der Waals surface area contributed by atoms with Crippen LogP contribution in [-0.4, -0.2) is 5.78 Å². The zero-order valence-electron chi connectivity index (χ0n) is 7.18. The zero-order chi connectivity index (χ0) is 8.27. The fourth-order valence-electron chi connectivity index (χ4n) is 1.46. The second kappa shape index (κ2) is 3.70. The summed E-state index contributed by atoms with van der Waals surface area (Å²) in [5.74, 6) is 1.05. The van der Waals surface area contributed by atoms with Crippen LogP contribution in [0.25, 0.3) is 0 Å². The van der Waals surface area contributed by atoms with E-state index in [0.29, 0.717) is 11.7 Å². The monoisotopic (exact) mass is 152 g/mol. The van der Waals surface area contributed by atoms with E-state index in [1.54, 1.807) is 0 Å². The van der Waals surface area contributed by atoms with E-state index in [-0.39, 0.29) is 5.92 Å². The molecule has 1 heteroatoms. The smallest absolute Gasteiger partial charge is 0.139 e. The summed E-state index contributed by atoms with van der Waals surface area (Å²) in [5.41, 5.74) is 0. The quantitative estimate of drug-likeness (QED) is 0.566. The fraction of sp³-hybridized carbons (Fsp3) is 0.700. The van der Waals surface area contributed by atoms with Crippen LogP contribution in [0.15, 0.2) is 12.7 Å². The topological polar surface area (TPSA) is 17.1 Å². The van der Waals surface area contributed by atoms with Gasteiger partial charge in [0, 0.05) is 11.8 Å². The van der Waals surface area contributed by atoms with Crippen LogP contribution in [0.4, 0.5) is 0 Å². The first-order valence-corrected chi connectivity index (χ1v) is 4.40. The lowest BCUT2D eigenvalue weighted by molar-refractivity contribution is -0.128. The average molecular weight is 152 g/mol.